The fourth-order valence-electron chi connectivity index (χ4n) is 2.77. The molecule has 13 nitrogen and oxygen atoms in total. The maximum atomic E-state index is 13.1. The third-order valence-electron chi connectivity index (χ3n) is 4.37. The van der Waals surface area contributed by atoms with Gasteiger partial charge in [0.15, 0.2) is 17.2 Å². The molecule has 0 aromatic carbocycles. The molecule has 4 rings (SSSR count). The van der Waals surface area contributed by atoms with E-state index >= 15 is 0 Å². The maximum Gasteiger partial charge on any atom is 0.412 e. The van der Waals surface area contributed by atoms with Crippen LogP contribution in [0.4, 0.5) is 22.0 Å². The number of carbonyl (C=O) groups excluding carboxylic acids is 3. The molecule has 4 N–H and O–H groups in total. The Morgan fingerprint density at radius 3 is 2.47 bits per heavy atom. The van der Waals surface area contributed by atoms with E-state index in [0.717, 1.165) is 12.8 Å². The summed E-state index contributed by atoms with van der Waals surface area (Å²) in [5, 5.41) is 5.49. The highest BCUT2D eigenvalue weighted by atomic mass is 16.6. The van der Waals surface area contributed by atoms with Crippen LogP contribution in [0.5, 0.6) is 0 Å². The van der Waals surface area contributed by atoms with E-state index in [4.69, 9.17) is 5.73 Å². The number of esters is 1. The van der Waals surface area contributed by atoms with Crippen LogP contribution in [-0.4, -0.2) is 47.9 Å². The highest BCUT2D eigenvalue weighted by molar-refractivity contribution is 6.09. The van der Waals surface area contributed by atoms with E-state index in [2.05, 4.69) is 45.3 Å². The molecule has 1 aliphatic rings. The predicted molar refractivity (Wildman–Crippen MR) is 109 cm³/mol. The average Bonchev–Trinajstić information content (AvgIpc) is 3.61. The van der Waals surface area contributed by atoms with Crippen molar-refractivity contribution in [2.75, 3.05) is 10.6 Å². The molecule has 0 atom stereocenters. The van der Waals surface area contributed by atoms with Crippen LogP contribution in [0.15, 0.2) is 31.1 Å². The van der Waals surface area contributed by atoms with Gasteiger partial charge in [0.2, 0.25) is 0 Å². The highest BCUT2D eigenvalue weighted by Crippen LogP contribution is 2.39. The summed E-state index contributed by atoms with van der Waals surface area (Å²) in [6.45, 7) is 1.53. The Morgan fingerprint density at radius 2 is 1.78 bits per heavy atom. The second kappa shape index (κ2) is 8.67. The maximum absolute atomic E-state index is 13.1. The lowest BCUT2D eigenvalue weighted by Crippen LogP contribution is -2.23. The Hall–Kier alpha value is -4.55. The van der Waals surface area contributed by atoms with Gasteiger partial charge in [0.1, 0.15) is 12.2 Å². The molecule has 3 aromatic heterocycles. The summed E-state index contributed by atoms with van der Waals surface area (Å²) in [4.78, 5) is 60.8. The second-order valence-electron chi connectivity index (χ2n) is 6.86. The van der Waals surface area contributed by atoms with Crippen molar-refractivity contribution in [2.45, 2.75) is 25.7 Å². The van der Waals surface area contributed by atoms with E-state index in [1.807, 2.05) is 0 Å². The first-order chi connectivity index (χ1) is 15.4. The van der Waals surface area contributed by atoms with E-state index in [0.29, 0.717) is 11.4 Å². The molecule has 3 heterocycles. The quantitative estimate of drug-likeness (QED) is 0.375. The normalized spacial score (nSPS) is 12.7. The van der Waals surface area contributed by atoms with Gasteiger partial charge in [-0.1, -0.05) is 0 Å². The summed E-state index contributed by atoms with van der Waals surface area (Å²) < 4.78 is 4.38. The predicted octanol–water partition coefficient (Wildman–Crippen LogP) is 1.47. The smallest absolute Gasteiger partial charge is 0.371 e. The highest BCUT2D eigenvalue weighted by Gasteiger charge is 2.28. The van der Waals surface area contributed by atoms with Gasteiger partial charge in [-0.25, -0.2) is 39.5 Å². The van der Waals surface area contributed by atoms with Gasteiger partial charge < -0.3 is 21.1 Å². The standard InChI is InChI=1S/C19H17N9O4/c1-9-23-7-13(14(25-9)18(30)32-19(20)31)28-17(29)15-16(26-11-4-21-8-22-5-11)24-6-12(27-15)10-2-3-10/h4-8,10H,2-3H2,1H3,(H2,20,31)(H,24,26)(H,28,29). The molecule has 32 heavy (non-hydrogen) atoms. The van der Waals surface area contributed by atoms with Gasteiger partial charge in [-0.2, -0.15) is 0 Å². The zero-order chi connectivity index (χ0) is 22.7. The van der Waals surface area contributed by atoms with E-state index in [1.165, 1.54) is 31.8 Å². The first-order valence-corrected chi connectivity index (χ1v) is 9.46. The van der Waals surface area contributed by atoms with Crippen molar-refractivity contribution in [3.05, 3.63) is 54.0 Å². The van der Waals surface area contributed by atoms with Gasteiger partial charge in [-0.15, -0.1) is 0 Å². The van der Waals surface area contributed by atoms with Gasteiger partial charge in [0, 0.05) is 5.92 Å². The van der Waals surface area contributed by atoms with E-state index < -0.39 is 18.0 Å². The Balaban J connectivity index is 1.66. The summed E-state index contributed by atoms with van der Waals surface area (Å²) in [5.41, 5.74) is 5.65. The van der Waals surface area contributed by atoms with Crippen LogP contribution in [0.25, 0.3) is 0 Å². The number of ether oxygens (including phenoxy) is 1. The summed E-state index contributed by atoms with van der Waals surface area (Å²) in [6.07, 6.45) is 7.83. The fourth-order valence-corrected chi connectivity index (χ4v) is 2.77. The molecule has 13 heteroatoms. The van der Waals surface area contributed by atoms with Crippen molar-refractivity contribution in [3.8, 4) is 0 Å². The topological polar surface area (TPSA) is 188 Å². The first-order valence-electron chi connectivity index (χ1n) is 9.46. The molecular formula is C19H17N9O4. The second-order valence-corrected chi connectivity index (χ2v) is 6.86. The SMILES string of the molecule is Cc1ncc(NC(=O)c2nc(C3CC3)cnc2Nc2cncnc2)c(C(=O)OC(N)=O)n1. The largest absolute Gasteiger partial charge is 0.412 e. The number of hydrogen-bond acceptors (Lipinski definition) is 11. The van der Waals surface area contributed by atoms with Crippen molar-refractivity contribution >= 4 is 35.2 Å². The summed E-state index contributed by atoms with van der Waals surface area (Å²) in [7, 11) is 0. The zero-order valence-electron chi connectivity index (χ0n) is 16.8. The van der Waals surface area contributed by atoms with Crippen LogP contribution in [0.2, 0.25) is 0 Å². The molecule has 1 fully saturated rings. The van der Waals surface area contributed by atoms with Crippen LogP contribution in [0.1, 0.15) is 51.3 Å². The van der Waals surface area contributed by atoms with E-state index in [9.17, 15) is 14.4 Å². The van der Waals surface area contributed by atoms with Crippen LogP contribution in [0.3, 0.4) is 0 Å². The lowest BCUT2D eigenvalue weighted by Gasteiger charge is -2.13. The van der Waals surface area contributed by atoms with Crippen molar-refractivity contribution in [3.63, 3.8) is 0 Å². The minimum Gasteiger partial charge on any atom is -0.371 e. The van der Waals surface area contributed by atoms with Gasteiger partial charge in [0.25, 0.3) is 5.91 Å². The summed E-state index contributed by atoms with van der Waals surface area (Å²) in [6, 6.07) is 0. The molecule has 0 aliphatic heterocycles. The van der Waals surface area contributed by atoms with Gasteiger partial charge >= 0.3 is 12.1 Å². The minimum atomic E-state index is -1.30. The monoisotopic (exact) mass is 435 g/mol. The number of hydrogen-bond donors (Lipinski definition) is 3. The van der Waals surface area contributed by atoms with E-state index in [-0.39, 0.29) is 34.6 Å². The third-order valence-corrected chi connectivity index (χ3v) is 4.37. The first kappa shape index (κ1) is 20.7. The van der Waals surface area contributed by atoms with Crippen molar-refractivity contribution in [1.82, 2.24) is 29.9 Å². The molecule has 1 saturated carbocycles. The van der Waals surface area contributed by atoms with Crippen molar-refractivity contribution in [2.24, 2.45) is 5.73 Å². The van der Waals surface area contributed by atoms with Gasteiger partial charge in [-0.05, 0) is 19.8 Å². The van der Waals surface area contributed by atoms with Crippen LogP contribution in [0, 0.1) is 6.92 Å². The molecule has 0 spiro atoms. The van der Waals surface area contributed by atoms with Crippen molar-refractivity contribution in [1.29, 1.82) is 0 Å². The Bertz CT molecular complexity index is 1200. The van der Waals surface area contributed by atoms with Crippen LogP contribution >= 0.6 is 0 Å². The molecule has 0 unspecified atom stereocenters. The Morgan fingerprint density at radius 1 is 1.03 bits per heavy atom. The molecule has 162 valence electrons. The zero-order valence-corrected chi connectivity index (χ0v) is 16.8. The van der Waals surface area contributed by atoms with Gasteiger partial charge in [0.05, 0.1) is 41.9 Å². The number of aryl methyl sites for hydroxylation is 1. The number of anilines is 3. The number of nitrogens with one attached hydrogen (secondary N) is 2. The molecule has 3 aromatic rings. The molecule has 0 bridgehead atoms. The molecular weight excluding hydrogens is 418 g/mol. The third kappa shape index (κ3) is 4.77. The van der Waals surface area contributed by atoms with Crippen LogP contribution < -0.4 is 16.4 Å². The number of aromatic nitrogens is 6. The van der Waals surface area contributed by atoms with Gasteiger partial charge in [-0.3, -0.25) is 4.79 Å². The van der Waals surface area contributed by atoms with Crippen LogP contribution in [-0.2, 0) is 4.74 Å². The summed E-state index contributed by atoms with van der Waals surface area (Å²) in [5.74, 6) is -1.18. The lowest BCUT2D eigenvalue weighted by atomic mass is 10.2. The summed E-state index contributed by atoms with van der Waals surface area (Å²) >= 11 is 0. The minimum absolute atomic E-state index is 0.0203. The molecule has 1 aliphatic carbocycles. The fraction of sp³-hybridized carbons (Fsp3) is 0.211. The Labute approximate surface area is 180 Å². The molecule has 2 amide bonds. The number of amides is 2. The lowest BCUT2D eigenvalue weighted by molar-refractivity contribution is 0.0632. The average molecular weight is 435 g/mol. The molecule has 0 radical (unpaired) electrons. The number of nitrogens with zero attached hydrogens (tertiary/aromatic N) is 6. The Kier molecular flexibility index (Phi) is 5.61. The number of nitrogens with two attached hydrogens (primary N) is 1. The molecule has 0 saturated heterocycles. The van der Waals surface area contributed by atoms with Crippen molar-refractivity contribution < 1.29 is 19.1 Å². The van der Waals surface area contributed by atoms with E-state index in [1.54, 1.807) is 6.20 Å². The number of carbonyl (C=O) groups is 3. The number of rotatable bonds is 6. The number of primary amides is 1.